The molecule has 0 aromatic heterocycles. The van der Waals surface area contributed by atoms with E-state index in [1.165, 1.54) is 45.2 Å². The highest BCUT2D eigenvalue weighted by atomic mass is 16.3. The van der Waals surface area contributed by atoms with Gasteiger partial charge in [0.1, 0.15) is 0 Å². The van der Waals surface area contributed by atoms with E-state index >= 15 is 0 Å². The summed E-state index contributed by atoms with van der Waals surface area (Å²) in [7, 11) is 0. The Hall–Kier alpha value is -0.320. The molecule has 8 nitrogen and oxygen atoms in total. The van der Waals surface area contributed by atoms with Crippen LogP contribution in [0, 0.1) is 81.3 Å². The topological polar surface area (TPSA) is 104 Å². The maximum atomic E-state index is 9.27. The molecule has 0 aromatic rings. The lowest BCUT2D eigenvalue weighted by Crippen LogP contribution is -2.39. The normalized spacial score (nSPS) is 13.3. The molecule has 0 bridgehead atoms. The SMILES string of the molecule is C.C.C.CC(C)C(C)(C)C.CC(C)CNCC(C)(C)C.CC(C)CNCC(C)(C)O.CC(C)CNCC(C)C.CC(C)CNCC1CC1.CC(C)CN[C@@H](C)C(C)(C)C.CCC(C)C.CC[C@@H](C)NCC(C)C.CC[C@H](C)NCC(C)C. The van der Waals surface area contributed by atoms with Crippen molar-refractivity contribution in [1.82, 2.24) is 37.2 Å². The average Bonchev–Trinajstić information content (AvgIpc) is 4.10. The second-order valence-electron chi connectivity index (χ2n) is 31.8. The van der Waals surface area contributed by atoms with Crippen LogP contribution in [0.15, 0.2) is 0 Å². The summed E-state index contributed by atoms with van der Waals surface area (Å²) in [5, 5.41) is 33.1. The van der Waals surface area contributed by atoms with Gasteiger partial charge in [-0.05, 0) is 207 Å². The molecule has 0 unspecified atom stereocenters. The van der Waals surface area contributed by atoms with E-state index in [9.17, 15) is 5.11 Å². The van der Waals surface area contributed by atoms with E-state index in [0.29, 0.717) is 46.8 Å². The Balaban J connectivity index is -0.0000000769. The molecule has 8 N–H and O–H groups in total. The Morgan fingerprint density at radius 2 is 0.598 bits per heavy atom. The van der Waals surface area contributed by atoms with Crippen LogP contribution in [-0.2, 0) is 0 Å². The van der Waals surface area contributed by atoms with Gasteiger partial charge in [0.15, 0.2) is 0 Å². The van der Waals surface area contributed by atoms with Crippen molar-refractivity contribution in [1.29, 1.82) is 0 Å². The molecule has 1 aliphatic carbocycles. The van der Waals surface area contributed by atoms with E-state index < -0.39 is 5.60 Å². The third kappa shape index (κ3) is 130. The maximum Gasteiger partial charge on any atom is 0.0715 e. The molecule has 0 radical (unpaired) electrons. The maximum absolute atomic E-state index is 9.27. The summed E-state index contributed by atoms with van der Waals surface area (Å²) in [4.78, 5) is 0. The molecule has 0 aliphatic heterocycles. The Morgan fingerprint density at radius 1 is 0.341 bits per heavy atom. The molecule has 0 aromatic carbocycles. The van der Waals surface area contributed by atoms with Crippen molar-refractivity contribution in [3.05, 3.63) is 0 Å². The summed E-state index contributed by atoms with van der Waals surface area (Å²) in [5.41, 5.74) is 0.735. The van der Waals surface area contributed by atoms with Crippen LogP contribution in [0.3, 0.4) is 0 Å². The van der Waals surface area contributed by atoms with Crippen LogP contribution >= 0.6 is 0 Å². The van der Waals surface area contributed by atoms with E-state index in [-0.39, 0.29) is 22.3 Å². The molecule has 1 rings (SSSR count). The van der Waals surface area contributed by atoms with Gasteiger partial charge in [-0.2, -0.15) is 0 Å². The Morgan fingerprint density at radius 3 is 0.805 bits per heavy atom. The standard InChI is InChI=1S/C10H23N.C9H21N.C8H19NO.C8H17N.3C8H19N.C7H16.C5H12.3CH4/c1-8(2)7-11-9(3)10(4,5)6;1-8(2)6-10-7-9(3,4)5;1-7(2)5-9-6-8(3,4)10;1-7(2)5-9-6-8-3-4-8;1-7(2)5-9-6-8(3)4;2*1-5-8(4)9-6-7(2)3;1-6(2)7(3,4)5;1-4-5(2)3;;;/h8-9,11H,7H2,1-6H3;8,10H,6-7H2,1-5H3;7,9-10H,5-6H2,1-4H3;7-9H,3-6H2,1-2H3;3*7-9H,5-6H2,1-4H3;6H,1-5H3;5H,4H2,1-3H3;3*1H4/t9-;;;;;2*8-;;;;;/m0....10...../s1. The molecular formula is C74H177N7O. The number of rotatable bonds is 27. The number of nitrogens with one attached hydrogen (secondary N) is 7. The fourth-order valence-electron chi connectivity index (χ4n) is 4.84. The molecule has 0 saturated heterocycles. The highest BCUT2D eigenvalue weighted by Gasteiger charge is 2.20. The number of hydrogen-bond acceptors (Lipinski definition) is 8. The van der Waals surface area contributed by atoms with E-state index in [4.69, 9.17) is 0 Å². The minimum absolute atomic E-state index is 0. The fraction of sp³-hybridized carbons (Fsp3) is 1.00. The van der Waals surface area contributed by atoms with Crippen LogP contribution in [0.25, 0.3) is 0 Å². The van der Waals surface area contributed by atoms with Gasteiger partial charge in [0.05, 0.1) is 5.60 Å². The van der Waals surface area contributed by atoms with Crippen LogP contribution in [0.4, 0.5) is 0 Å². The van der Waals surface area contributed by atoms with Crippen molar-refractivity contribution in [2.75, 3.05) is 72.0 Å². The summed E-state index contributed by atoms with van der Waals surface area (Å²) < 4.78 is 0. The number of hydrogen-bond donors (Lipinski definition) is 8. The van der Waals surface area contributed by atoms with Crippen LogP contribution < -0.4 is 37.2 Å². The van der Waals surface area contributed by atoms with Gasteiger partial charge in [0, 0.05) is 24.7 Å². The molecule has 0 spiro atoms. The van der Waals surface area contributed by atoms with E-state index in [0.717, 1.165) is 112 Å². The van der Waals surface area contributed by atoms with Crippen molar-refractivity contribution in [3.63, 3.8) is 0 Å². The first-order chi connectivity index (χ1) is 35.6. The summed E-state index contributed by atoms with van der Waals surface area (Å²) in [6, 6.07) is 1.98. The third-order valence-corrected chi connectivity index (χ3v) is 12.8. The van der Waals surface area contributed by atoms with E-state index in [1.807, 2.05) is 0 Å². The molecule has 1 aliphatic rings. The summed E-state index contributed by atoms with van der Waals surface area (Å²) in [6.07, 6.45) is 6.69. The molecule has 1 fully saturated rings. The molecule has 3 atom stereocenters. The first-order valence-corrected chi connectivity index (χ1v) is 33.4. The Bertz CT molecular complexity index is 1070. The first kappa shape index (κ1) is 106. The van der Waals surface area contributed by atoms with Crippen LogP contribution in [0.5, 0.6) is 0 Å². The lowest BCUT2D eigenvalue weighted by molar-refractivity contribution is 0.0791. The second kappa shape index (κ2) is 65.1. The van der Waals surface area contributed by atoms with Gasteiger partial charge >= 0.3 is 0 Å². The zero-order valence-electron chi connectivity index (χ0n) is 62.3. The van der Waals surface area contributed by atoms with Gasteiger partial charge in [0.25, 0.3) is 0 Å². The molecule has 82 heavy (non-hydrogen) atoms. The fourth-order valence-corrected chi connectivity index (χ4v) is 4.84. The summed E-state index contributed by atoms with van der Waals surface area (Å²) in [5.74, 6) is 8.81. The number of aliphatic hydroxyl groups is 1. The van der Waals surface area contributed by atoms with Gasteiger partial charge < -0.3 is 42.3 Å². The molecule has 514 valence electrons. The lowest BCUT2D eigenvalue weighted by Gasteiger charge is -2.28. The van der Waals surface area contributed by atoms with Gasteiger partial charge in [-0.3, -0.25) is 0 Å². The third-order valence-electron chi connectivity index (χ3n) is 12.8. The van der Waals surface area contributed by atoms with Gasteiger partial charge in [0.2, 0.25) is 0 Å². The second-order valence-corrected chi connectivity index (χ2v) is 31.8. The quantitative estimate of drug-likeness (QED) is 0.0412. The minimum Gasteiger partial charge on any atom is -0.389 e. The Labute approximate surface area is 527 Å². The summed E-state index contributed by atoms with van der Waals surface area (Å²) >= 11 is 0. The molecule has 0 amide bonds. The average molecular weight is 1180 g/mol. The zero-order valence-corrected chi connectivity index (χ0v) is 62.3. The highest BCUT2D eigenvalue weighted by Crippen LogP contribution is 2.27. The van der Waals surface area contributed by atoms with E-state index in [2.05, 4.69) is 280 Å². The lowest BCUT2D eigenvalue weighted by atomic mass is 9.84. The van der Waals surface area contributed by atoms with Gasteiger partial charge in [-0.1, -0.05) is 250 Å². The largest absolute Gasteiger partial charge is 0.389 e. The predicted molar refractivity (Wildman–Crippen MR) is 391 cm³/mol. The molecule has 8 heteroatoms. The van der Waals surface area contributed by atoms with Crippen molar-refractivity contribution >= 4 is 0 Å². The highest BCUT2D eigenvalue weighted by molar-refractivity contribution is 4.77. The van der Waals surface area contributed by atoms with Gasteiger partial charge in [-0.15, -0.1) is 0 Å². The predicted octanol–water partition coefficient (Wildman–Crippen LogP) is 20.2. The van der Waals surface area contributed by atoms with Crippen molar-refractivity contribution in [2.24, 2.45) is 81.3 Å². The smallest absolute Gasteiger partial charge is 0.0715 e. The van der Waals surface area contributed by atoms with Crippen LogP contribution in [-0.4, -0.2) is 101 Å². The van der Waals surface area contributed by atoms with Crippen molar-refractivity contribution in [2.45, 2.75) is 334 Å². The van der Waals surface area contributed by atoms with E-state index in [1.54, 1.807) is 13.8 Å². The van der Waals surface area contributed by atoms with Crippen molar-refractivity contribution in [3.8, 4) is 0 Å². The molecular weight excluding hydrogens is 1000 g/mol. The monoisotopic (exact) mass is 1180 g/mol. The minimum atomic E-state index is -0.575. The first-order valence-electron chi connectivity index (χ1n) is 33.4. The molecule has 0 heterocycles. The van der Waals surface area contributed by atoms with Crippen LogP contribution in [0.1, 0.15) is 311 Å². The van der Waals surface area contributed by atoms with Crippen LogP contribution in [0.2, 0.25) is 0 Å². The van der Waals surface area contributed by atoms with Gasteiger partial charge in [-0.25, -0.2) is 0 Å². The zero-order chi connectivity index (χ0) is 64.3. The Kier molecular flexibility index (Phi) is 84.5. The van der Waals surface area contributed by atoms with Crippen molar-refractivity contribution < 1.29 is 5.11 Å². The molecule has 1 saturated carbocycles. The summed E-state index contributed by atoms with van der Waals surface area (Å²) in [6.45, 7) is 93.9.